The van der Waals surface area contributed by atoms with Gasteiger partial charge in [0, 0.05) is 30.4 Å². The molecule has 1 saturated carbocycles. The van der Waals surface area contributed by atoms with E-state index in [2.05, 4.69) is 30.9 Å². The van der Waals surface area contributed by atoms with E-state index in [0.717, 1.165) is 17.8 Å². The molecule has 0 atom stereocenters. The zero-order valence-corrected chi connectivity index (χ0v) is 12.1. The van der Waals surface area contributed by atoms with Crippen LogP contribution in [0.2, 0.25) is 0 Å². The van der Waals surface area contributed by atoms with Gasteiger partial charge in [0.05, 0.1) is 0 Å². The third-order valence-corrected chi connectivity index (χ3v) is 4.37. The fraction of sp³-hybridized carbons (Fsp3) is 0.533. The largest absolute Gasteiger partial charge is 0.384 e. The van der Waals surface area contributed by atoms with E-state index in [4.69, 9.17) is 11.1 Å². The van der Waals surface area contributed by atoms with Gasteiger partial charge in [0.2, 0.25) is 0 Å². The molecule has 0 amide bonds. The highest BCUT2D eigenvalue weighted by atomic mass is 15.2. The van der Waals surface area contributed by atoms with Gasteiger partial charge in [-0.05, 0) is 45.5 Å². The van der Waals surface area contributed by atoms with Crippen LogP contribution in [0.25, 0.3) is 0 Å². The molecule has 1 fully saturated rings. The normalized spacial score (nSPS) is 17.1. The summed E-state index contributed by atoms with van der Waals surface area (Å²) < 4.78 is 0. The van der Waals surface area contributed by atoms with Gasteiger partial charge in [-0.15, -0.1) is 0 Å². The van der Waals surface area contributed by atoms with Crippen LogP contribution < -0.4 is 10.6 Å². The minimum absolute atomic E-state index is 0.134. The summed E-state index contributed by atoms with van der Waals surface area (Å²) in [4.78, 5) is 4.57. The second kappa shape index (κ2) is 5.21. The fourth-order valence-electron chi connectivity index (χ4n) is 2.89. The van der Waals surface area contributed by atoms with Crippen molar-refractivity contribution in [3.8, 4) is 0 Å². The molecule has 3 N–H and O–H groups in total. The number of hydrogen-bond acceptors (Lipinski definition) is 3. The zero-order chi connectivity index (χ0) is 14.0. The summed E-state index contributed by atoms with van der Waals surface area (Å²) >= 11 is 0. The lowest BCUT2D eigenvalue weighted by molar-refractivity contribution is 0.0683. The minimum Gasteiger partial charge on any atom is -0.384 e. The van der Waals surface area contributed by atoms with Crippen LogP contribution in [0.1, 0.15) is 24.8 Å². The van der Waals surface area contributed by atoms with Crippen molar-refractivity contribution in [2.24, 2.45) is 5.73 Å². The lowest BCUT2D eigenvalue weighted by Crippen LogP contribution is -2.56. The van der Waals surface area contributed by atoms with E-state index >= 15 is 0 Å². The highest BCUT2D eigenvalue weighted by Gasteiger charge is 2.40. The number of nitrogens with zero attached hydrogens (tertiary/aromatic N) is 2. The summed E-state index contributed by atoms with van der Waals surface area (Å²) in [5, 5.41) is 7.68. The van der Waals surface area contributed by atoms with Crippen LogP contribution in [-0.2, 0) is 0 Å². The summed E-state index contributed by atoms with van der Waals surface area (Å²) in [5.74, 6) is 0.134. The molecule has 4 heteroatoms. The molecule has 104 valence electrons. The molecule has 0 aliphatic heterocycles. The van der Waals surface area contributed by atoms with Gasteiger partial charge in [-0.25, -0.2) is 0 Å². The Morgan fingerprint density at radius 3 is 2.37 bits per heavy atom. The van der Waals surface area contributed by atoms with Crippen molar-refractivity contribution in [2.75, 3.05) is 32.6 Å². The first-order chi connectivity index (χ1) is 8.96. The van der Waals surface area contributed by atoms with Gasteiger partial charge in [-0.3, -0.25) is 5.41 Å². The Balaban J connectivity index is 2.20. The molecule has 0 aromatic heterocycles. The summed E-state index contributed by atoms with van der Waals surface area (Å²) in [6, 6.07) is 7.89. The van der Waals surface area contributed by atoms with Crippen molar-refractivity contribution in [1.82, 2.24) is 4.90 Å². The third-order valence-electron chi connectivity index (χ3n) is 4.37. The average molecular weight is 260 g/mol. The van der Waals surface area contributed by atoms with Crippen LogP contribution in [-0.4, -0.2) is 44.0 Å². The van der Waals surface area contributed by atoms with Crippen LogP contribution in [0.4, 0.5) is 5.69 Å². The minimum atomic E-state index is 0.134. The maximum Gasteiger partial charge on any atom is 0.124 e. The Bertz CT molecular complexity index is 463. The van der Waals surface area contributed by atoms with Crippen molar-refractivity contribution in [1.29, 1.82) is 5.41 Å². The molecule has 0 heterocycles. The van der Waals surface area contributed by atoms with Gasteiger partial charge in [-0.1, -0.05) is 12.1 Å². The van der Waals surface area contributed by atoms with E-state index in [1.807, 2.05) is 24.3 Å². The zero-order valence-electron chi connectivity index (χ0n) is 12.1. The van der Waals surface area contributed by atoms with Gasteiger partial charge in [0.25, 0.3) is 0 Å². The van der Waals surface area contributed by atoms with Crippen LogP contribution in [0.3, 0.4) is 0 Å². The van der Waals surface area contributed by atoms with Gasteiger partial charge >= 0.3 is 0 Å². The quantitative estimate of drug-likeness (QED) is 0.628. The first kappa shape index (κ1) is 13.9. The number of nitrogens with one attached hydrogen (secondary N) is 1. The Kier molecular flexibility index (Phi) is 3.80. The number of hydrogen-bond donors (Lipinski definition) is 2. The number of nitrogen functional groups attached to an aromatic ring is 1. The standard InChI is InChI=1S/C15H24N4/c1-18(2)15(9-6-10-15)11-19(3)13-8-5-4-7-12(13)14(16)17/h4-5,7-8H,6,9-11H2,1-3H3,(H3,16,17). The van der Waals surface area contributed by atoms with E-state index in [9.17, 15) is 0 Å². The number of para-hydroxylation sites is 1. The molecule has 1 aromatic carbocycles. The maximum absolute atomic E-state index is 7.68. The summed E-state index contributed by atoms with van der Waals surface area (Å²) in [7, 11) is 6.40. The highest BCUT2D eigenvalue weighted by molar-refractivity contribution is 6.00. The monoisotopic (exact) mass is 260 g/mol. The van der Waals surface area contributed by atoms with Crippen LogP contribution in [0.15, 0.2) is 24.3 Å². The van der Waals surface area contributed by atoms with Crippen molar-refractivity contribution < 1.29 is 0 Å². The predicted molar refractivity (Wildman–Crippen MR) is 81.0 cm³/mol. The summed E-state index contributed by atoms with van der Waals surface area (Å²) in [5.41, 5.74) is 7.81. The molecule has 0 radical (unpaired) electrons. The van der Waals surface area contributed by atoms with E-state index < -0.39 is 0 Å². The average Bonchev–Trinajstić information content (AvgIpc) is 2.33. The number of amidine groups is 1. The third kappa shape index (κ3) is 2.59. The van der Waals surface area contributed by atoms with E-state index in [0.29, 0.717) is 0 Å². The molecular formula is C15H24N4. The van der Waals surface area contributed by atoms with Crippen LogP contribution in [0.5, 0.6) is 0 Å². The number of anilines is 1. The van der Waals surface area contributed by atoms with Crippen molar-refractivity contribution in [3.05, 3.63) is 29.8 Å². The Morgan fingerprint density at radius 2 is 1.89 bits per heavy atom. The Hall–Kier alpha value is -1.55. The van der Waals surface area contributed by atoms with Crippen LogP contribution >= 0.6 is 0 Å². The predicted octanol–water partition coefficient (Wildman–Crippen LogP) is 1.89. The number of likely N-dealkylation sites (N-methyl/N-ethyl adjacent to an activating group) is 2. The number of benzene rings is 1. The van der Waals surface area contributed by atoms with Gasteiger partial charge in [-0.2, -0.15) is 0 Å². The first-order valence-corrected chi connectivity index (χ1v) is 6.78. The molecule has 19 heavy (non-hydrogen) atoms. The van der Waals surface area contributed by atoms with Crippen molar-refractivity contribution in [2.45, 2.75) is 24.8 Å². The van der Waals surface area contributed by atoms with E-state index in [1.54, 1.807) is 0 Å². The smallest absolute Gasteiger partial charge is 0.124 e. The molecule has 1 aliphatic rings. The maximum atomic E-state index is 7.68. The molecule has 4 nitrogen and oxygen atoms in total. The lowest BCUT2D eigenvalue weighted by atomic mass is 9.75. The molecule has 0 bridgehead atoms. The number of rotatable bonds is 5. The second-order valence-electron chi connectivity index (χ2n) is 5.76. The molecule has 2 rings (SSSR count). The molecule has 0 unspecified atom stereocenters. The van der Waals surface area contributed by atoms with Gasteiger partial charge in [0.1, 0.15) is 5.84 Å². The fourth-order valence-corrected chi connectivity index (χ4v) is 2.89. The van der Waals surface area contributed by atoms with Crippen LogP contribution in [0, 0.1) is 5.41 Å². The SMILES string of the molecule is CN(CC1(N(C)C)CCC1)c1ccccc1C(=N)N. The van der Waals surface area contributed by atoms with Crippen molar-refractivity contribution in [3.63, 3.8) is 0 Å². The highest BCUT2D eigenvalue weighted by Crippen LogP contribution is 2.37. The summed E-state index contributed by atoms with van der Waals surface area (Å²) in [6.45, 7) is 0.976. The molecule has 1 aromatic rings. The van der Waals surface area contributed by atoms with Gasteiger partial charge < -0.3 is 15.5 Å². The lowest BCUT2D eigenvalue weighted by Gasteiger charge is -2.49. The molecule has 1 aliphatic carbocycles. The second-order valence-corrected chi connectivity index (χ2v) is 5.76. The van der Waals surface area contributed by atoms with Gasteiger partial charge in [0.15, 0.2) is 0 Å². The summed E-state index contributed by atoms with van der Waals surface area (Å²) in [6.07, 6.45) is 3.79. The molecule has 0 spiro atoms. The molecular weight excluding hydrogens is 236 g/mol. The van der Waals surface area contributed by atoms with E-state index in [1.165, 1.54) is 19.3 Å². The molecule has 0 saturated heterocycles. The topological polar surface area (TPSA) is 56.4 Å². The Morgan fingerprint density at radius 1 is 1.26 bits per heavy atom. The Labute approximate surface area is 115 Å². The van der Waals surface area contributed by atoms with E-state index in [-0.39, 0.29) is 11.4 Å². The van der Waals surface area contributed by atoms with Crippen molar-refractivity contribution >= 4 is 11.5 Å². The first-order valence-electron chi connectivity index (χ1n) is 6.78. The number of nitrogens with two attached hydrogens (primary N) is 1.